The van der Waals surface area contributed by atoms with E-state index in [4.69, 9.17) is 5.11 Å². The number of halogens is 3. The van der Waals surface area contributed by atoms with Crippen molar-refractivity contribution in [3.63, 3.8) is 0 Å². The number of hydrogen-bond donors (Lipinski definition) is 1. The van der Waals surface area contributed by atoms with Crippen LogP contribution in [-0.4, -0.2) is 58.9 Å². The summed E-state index contributed by atoms with van der Waals surface area (Å²) in [7, 11) is 0. The minimum atomic E-state index is -4.15. The SMILES string of the molecule is OCc1cnc(N2CCN(CC(F)(F)F)CC2)cn1. The summed E-state index contributed by atoms with van der Waals surface area (Å²) in [5.41, 5.74) is 0.472. The van der Waals surface area contributed by atoms with Crippen LogP contribution in [0.3, 0.4) is 0 Å². The summed E-state index contributed by atoms with van der Waals surface area (Å²) in [5.74, 6) is 0.629. The largest absolute Gasteiger partial charge is 0.401 e. The average Bonchev–Trinajstić information content (AvgIpc) is 2.38. The van der Waals surface area contributed by atoms with Crippen molar-refractivity contribution in [1.82, 2.24) is 14.9 Å². The Morgan fingerprint density at radius 3 is 2.26 bits per heavy atom. The molecule has 0 radical (unpaired) electrons. The molecule has 0 aromatic carbocycles. The number of piperazine rings is 1. The first-order chi connectivity index (χ1) is 8.98. The molecule has 1 fully saturated rings. The van der Waals surface area contributed by atoms with E-state index in [9.17, 15) is 13.2 Å². The first-order valence-corrected chi connectivity index (χ1v) is 5.94. The third kappa shape index (κ3) is 4.03. The molecule has 0 aliphatic carbocycles. The highest BCUT2D eigenvalue weighted by atomic mass is 19.4. The summed E-state index contributed by atoms with van der Waals surface area (Å²) in [6, 6.07) is 0. The molecule has 0 atom stereocenters. The van der Waals surface area contributed by atoms with E-state index in [2.05, 4.69) is 9.97 Å². The normalized spacial score (nSPS) is 17.8. The number of anilines is 1. The van der Waals surface area contributed by atoms with Crippen molar-refractivity contribution in [3.05, 3.63) is 18.1 Å². The highest BCUT2D eigenvalue weighted by Crippen LogP contribution is 2.19. The first kappa shape index (κ1) is 14.0. The van der Waals surface area contributed by atoms with E-state index in [1.54, 1.807) is 0 Å². The summed E-state index contributed by atoms with van der Waals surface area (Å²) in [5, 5.41) is 8.85. The van der Waals surface area contributed by atoms with Crippen LogP contribution in [0.5, 0.6) is 0 Å². The van der Waals surface area contributed by atoms with E-state index in [0.29, 0.717) is 37.7 Å². The maximum Gasteiger partial charge on any atom is 0.401 e. The minimum absolute atomic E-state index is 0.174. The van der Waals surface area contributed by atoms with E-state index >= 15 is 0 Å². The number of hydrogen-bond acceptors (Lipinski definition) is 5. The highest BCUT2D eigenvalue weighted by molar-refractivity contribution is 5.36. The van der Waals surface area contributed by atoms with E-state index in [1.807, 2.05) is 4.90 Å². The van der Waals surface area contributed by atoms with E-state index in [-0.39, 0.29) is 6.61 Å². The Morgan fingerprint density at radius 2 is 1.79 bits per heavy atom. The fourth-order valence-corrected chi connectivity index (χ4v) is 1.98. The molecule has 1 aliphatic heterocycles. The molecule has 8 heteroatoms. The lowest BCUT2D eigenvalue weighted by molar-refractivity contribution is -0.146. The fraction of sp³-hybridized carbons (Fsp3) is 0.636. The Labute approximate surface area is 108 Å². The number of rotatable bonds is 3. The van der Waals surface area contributed by atoms with Gasteiger partial charge < -0.3 is 10.0 Å². The second-order valence-electron chi connectivity index (χ2n) is 4.40. The molecule has 1 saturated heterocycles. The van der Waals surface area contributed by atoms with Crippen LogP contribution in [0, 0.1) is 0 Å². The van der Waals surface area contributed by atoms with Gasteiger partial charge in [0.15, 0.2) is 0 Å². The van der Waals surface area contributed by atoms with Gasteiger partial charge in [0, 0.05) is 26.2 Å². The molecular formula is C11H15F3N4O. The van der Waals surface area contributed by atoms with Crippen LogP contribution in [0.15, 0.2) is 12.4 Å². The van der Waals surface area contributed by atoms with Crippen LogP contribution in [0.1, 0.15) is 5.69 Å². The highest BCUT2D eigenvalue weighted by Gasteiger charge is 2.32. The van der Waals surface area contributed by atoms with Gasteiger partial charge in [0.25, 0.3) is 0 Å². The number of alkyl halides is 3. The van der Waals surface area contributed by atoms with Crippen LogP contribution in [0.2, 0.25) is 0 Å². The quantitative estimate of drug-likeness (QED) is 0.878. The molecule has 2 rings (SSSR count). The van der Waals surface area contributed by atoms with Crippen molar-refractivity contribution in [2.45, 2.75) is 12.8 Å². The first-order valence-electron chi connectivity index (χ1n) is 5.94. The van der Waals surface area contributed by atoms with Crippen molar-refractivity contribution in [2.24, 2.45) is 0 Å². The van der Waals surface area contributed by atoms with Crippen molar-refractivity contribution in [2.75, 3.05) is 37.6 Å². The zero-order valence-corrected chi connectivity index (χ0v) is 10.3. The van der Waals surface area contributed by atoms with Gasteiger partial charge in [-0.25, -0.2) is 4.98 Å². The molecule has 1 aromatic rings. The van der Waals surface area contributed by atoms with Gasteiger partial charge in [-0.2, -0.15) is 13.2 Å². The summed E-state index contributed by atoms with van der Waals surface area (Å²) >= 11 is 0. The maximum absolute atomic E-state index is 12.2. The smallest absolute Gasteiger partial charge is 0.390 e. The van der Waals surface area contributed by atoms with Crippen LogP contribution >= 0.6 is 0 Å². The van der Waals surface area contributed by atoms with Crippen LogP contribution in [0.25, 0.3) is 0 Å². The molecule has 0 amide bonds. The number of aliphatic hydroxyl groups is 1. The summed E-state index contributed by atoms with van der Waals surface area (Å²) in [6.45, 7) is 0.640. The third-order valence-electron chi connectivity index (χ3n) is 2.95. The molecule has 0 saturated carbocycles. The molecule has 19 heavy (non-hydrogen) atoms. The van der Waals surface area contributed by atoms with Gasteiger partial charge in [-0.1, -0.05) is 0 Å². The molecular weight excluding hydrogens is 261 g/mol. The predicted molar refractivity (Wildman–Crippen MR) is 62.7 cm³/mol. The van der Waals surface area contributed by atoms with E-state index in [0.717, 1.165) is 0 Å². The molecule has 1 N–H and O–H groups in total. The van der Waals surface area contributed by atoms with Crippen molar-refractivity contribution >= 4 is 5.82 Å². The van der Waals surface area contributed by atoms with Gasteiger partial charge >= 0.3 is 6.18 Å². The fourth-order valence-electron chi connectivity index (χ4n) is 1.98. The minimum Gasteiger partial charge on any atom is -0.390 e. The zero-order valence-electron chi connectivity index (χ0n) is 10.3. The number of aliphatic hydroxyl groups excluding tert-OH is 1. The zero-order chi connectivity index (χ0) is 13.9. The molecule has 0 spiro atoms. The van der Waals surface area contributed by atoms with E-state index < -0.39 is 12.7 Å². The van der Waals surface area contributed by atoms with Crippen molar-refractivity contribution < 1.29 is 18.3 Å². The van der Waals surface area contributed by atoms with Gasteiger partial charge in [0.05, 0.1) is 31.2 Å². The Kier molecular flexibility index (Phi) is 4.20. The molecule has 0 unspecified atom stereocenters. The van der Waals surface area contributed by atoms with E-state index in [1.165, 1.54) is 17.3 Å². The molecule has 1 aromatic heterocycles. The van der Waals surface area contributed by atoms with Gasteiger partial charge in [0.1, 0.15) is 5.82 Å². The lowest BCUT2D eigenvalue weighted by atomic mass is 10.3. The third-order valence-corrected chi connectivity index (χ3v) is 2.95. The number of aromatic nitrogens is 2. The second-order valence-corrected chi connectivity index (χ2v) is 4.40. The number of nitrogens with zero attached hydrogens (tertiary/aromatic N) is 4. The van der Waals surface area contributed by atoms with Crippen molar-refractivity contribution in [1.29, 1.82) is 0 Å². The second kappa shape index (κ2) is 5.70. The molecule has 1 aliphatic rings. The Bertz CT molecular complexity index is 401. The molecule has 106 valence electrons. The maximum atomic E-state index is 12.2. The topological polar surface area (TPSA) is 52.5 Å². The standard InChI is InChI=1S/C11H15F3N4O/c12-11(13,14)8-17-1-3-18(4-2-17)10-6-15-9(7-19)5-16-10/h5-6,19H,1-4,7-8H2. The Balaban J connectivity index is 1.88. The van der Waals surface area contributed by atoms with Crippen molar-refractivity contribution in [3.8, 4) is 0 Å². The molecule has 0 bridgehead atoms. The summed E-state index contributed by atoms with van der Waals surface area (Å²) < 4.78 is 36.7. The van der Waals surface area contributed by atoms with Gasteiger partial charge in [-0.3, -0.25) is 9.88 Å². The Morgan fingerprint density at radius 1 is 1.11 bits per heavy atom. The van der Waals surface area contributed by atoms with Crippen LogP contribution in [-0.2, 0) is 6.61 Å². The average molecular weight is 276 g/mol. The van der Waals surface area contributed by atoms with Gasteiger partial charge in [-0.05, 0) is 0 Å². The molecule has 5 nitrogen and oxygen atoms in total. The Hall–Kier alpha value is -1.41. The summed E-state index contributed by atoms with van der Waals surface area (Å²) in [6.07, 6.45) is -1.15. The van der Waals surface area contributed by atoms with Gasteiger partial charge in [-0.15, -0.1) is 0 Å². The predicted octanol–water partition coefficient (Wildman–Crippen LogP) is 0.653. The van der Waals surface area contributed by atoms with Gasteiger partial charge in [0.2, 0.25) is 0 Å². The monoisotopic (exact) mass is 276 g/mol. The molecule has 2 heterocycles. The summed E-state index contributed by atoms with van der Waals surface area (Å²) in [4.78, 5) is 11.4. The van der Waals surface area contributed by atoms with Crippen LogP contribution in [0.4, 0.5) is 19.0 Å². The van der Waals surface area contributed by atoms with Crippen LogP contribution < -0.4 is 4.90 Å². The lowest BCUT2D eigenvalue weighted by Crippen LogP contribution is -2.49. The lowest BCUT2D eigenvalue weighted by Gasteiger charge is -2.35.